The van der Waals surface area contributed by atoms with Crippen molar-refractivity contribution in [3.8, 4) is 5.75 Å². The molecule has 11 heteroatoms. The third-order valence-electron chi connectivity index (χ3n) is 2.97. The molecule has 0 aliphatic carbocycles. The van der Waals surface area contributed by atoms with Crippen molar-refractivity contribution < 1.29 is 35.3 Å². The molecule has 0 atom stereocenters. The number of anilines is 1. The Hall–Kier alpha value is -2.04. The fourth-order valence-electron chi connectivity index (χ4n) is 2.03. The van der Waals surface area contributed by atoms with Gasteiger partial charge >= 0.3 is 21.7 Å². The van der Waals surface area contributed by atoms with Crippen molar-refractivity contribution in [1.29, 1.82) is 0 Å². The van der Waals surface area contributed by atoms with Gasteiger partial charge in [-0.1, -0.05) is 0 Å². The van der Waals surface area contributed by atoms with Crippen molar-refractivity contribution in [2.45, 2.75) is 38.3 Å². The Bertz CT molecular complexity index is 756. The zero-order valence-corrected chi connectivity index (χ0v) is 13.9. The molecule has 0 spiro atoms. The van der Waals surface area contributed by atoms with Crippen LogP contribution in [0.4, 0.5) is 23.7 Å². The van der Waals surface area contributed by atoms with Crippen LogP contribution >= 0.6 is 0 Å². The zero-order valence-electron chi connectivity index (χ0n) is 13.0. The number of fused-ring (bicyclic) bond motifs is 1. The molecule has 1 aromatic rings. The van der Waals surface area contributed by atoms with Gasteiger partial charge in [-0.15, -0.1) is 0 Å². The van der Waals surface area contributed by atoms with Crippen molar-refractivity contribution in [2.75, 3.05) is 11.4 Å². The van der Waals surface area contributed by atoms with Crippen LogP contribution in [0.2, 0.25) is 0 Å². The minimum Gasteiger partial charge on any atom is -0.443 e. The van der Waals surface area contributed by atoms with Gasteiger partial charge in [0, 0.05) is 12.1 Å². The molecule has 1 aliphatic rings. The van der Waals surface area contributed by atoms with E-state index in [2.05, 4.69) is 9.17 Å². The van der Waals surface area contributed by atoms with Crippen LogP contribution in [-0.4, -0.2) is 37.1 Å². The van der Waals surface area contributed by atoms with Crippen LogP contribution in [0.25, 0.3) is 0 Å². The highest BCUT2D eigenvalue weighted by atomic mass is 32.2. The highest BCUT2D eigenvalue weighted by molar-refractivity contribution is 7.88. The molecular weight excluding hydrogens is 353 g/mol. The van der Waals surface area contributed by atoms with E-state index in [1.807, 2.05) is 0 Å². The summed E-state index contributed by atoms with van der Waals surface area (Å²) in [5, 5.41) is 0. The summed E-state index contributed by atoms with van der Waals surface area (Å²) >= 11 is 0. The van der Waals surface area contributed by atoms with Gasteiger partial charge in [-0.2, -0.15) is 21.6 Å². The summed E-state index contributed by atoms with van der Waals surface area (Å²) in [4.78, 5) is 16.9. The third kappa shape index (κ3) is 3.71. The molecule has 1 amide bonds. The van der Waals surface area contributed by atoms with Crippen LogP contribution in [0.3, 0.4) is 0 Å². The number of alkyl halides is 3. The van der Waals surface area contributed by atoms with Gasteiger partial charge in [0.25, 0.3) is 0 Å². The monoisotopic (exact) mass is 368 g/mol. The predicted molar refractivity (Wildman–Crippen MR) is 77.1 cm³/mol. The summed E-state index contributed by atoms with van der Waals surface area (Å²) < 4.78 is 69.0. The predicted octanol–water partition coefficient (Wildman–Crippen LogP) is 2.61. The number of nitrogens with zero attached hydrogens (tertiary/aromatic N) is 2. The van der Waals surface area contributed by atoms with Crippen molar-refractivity contribution in [3.05, 3.63) is 18.0 Å². The van der Waals surface area contributed by atoms with Crippen LogP contribution < -0.4 is 9.08 Å². The molecule has 0 N–H and O–H groups in total. The van der Waals surface area contributed by atoms with Gasteiger partial charge < -0.3 is 8.92 Å². The maximum Gasteiger partial charge on any atom is 0.534 e. The molecule has 0 bridgehead atoms. The van der Waals surface area contributed by atoms with E-state index in [0.717, 1.165) is 6.20 Å². The van der Waals surface area contributed by atoms with E-state index in [0.29, 0.717) is 0 Å². The van der Waals surface area contributed by atoms with Crippen molar-refractivity contribution in [2.24, 2.45) is 0 Å². The Morgan fingerprint density at radius 1 is 1.25 bits per heavy atom. The van der Waals surface area contributed by atoms with E-state index < -0.39 is 33.1 Å². The number of ether oxygens (including phenoxy) is 1. The summed E-state index contributed by atoms with van der Waals surface area (Å²) in [7, 11) is -5.81. The lowest BCUT2D eigenvalue weighted by molar-refractivity contribution is -0.0500. The van der Waals surface area contributed by atoms with Gasteiger partial charge in [0.05, 0.1) is 18.1 Å². The van der Waals surface area contributed by atoms with Gasteiger partial charge in [0.15, 0.2) is 5.75 Å². The number of hydrogen-bond acceptors (Lipinski definition) is 6. The number of pyridine rings is 1. The molecule has 2 rings (SSSR count). The van der Waals surface area contributed by atoms with E-state index in [9.17, 15) is 26.4 Å². The van der Waals surface area contributed by atoms with Gasteiger partial charge in [0.1, 0.15) is 5.60 Å². The molecule has 1 aliphatic heterocycles. The normalized spacial score (nSPS) is 15.2. The smallest absolute Gasteiger partial charge is 0.443 e. The molecule has 0 radical (unpaired) electrons. The standard InChI is InChI=1S/C13H15F3N2O5S/c1-12(2,3)22-11(19)18-5-4-8-9(18)6-17-7-10(8)23-24(20,21)13(14,15)16/h6-7H,4-5H2,1-3H3. The topological polar surface area (TPSA) is 85.8 Å². The molecule has 2 heterocycles. The maximum absolute atomic E-state index is 12.4. The first kappa shape index (κ1) is 18.3. The van der Waals surface area contributed by atoms with E-state index in [1.54, 1.807) is 20.8 Å². The average molecular weight is 368 g/mol. The first-order chi connectivity index (χ1) is 10.8. The summed E-state index contributed by atoms with van der Waals surface area (Å²) in [6.07, 6.45) is 1.50. The van der Waals surface area contributed by atoms with Gasteiger partial charge in [-0.25, -0.2) is 4.79 Å². The Morgan fingerprint density at radius 3 is 2.42 bits per heavy atom. The summed E-state index contributed by atoms with van der Waals surface area (Å²) in [5.74, 6) is -0.559. The van der Waals surface area contributed by atoms with Crippen molar-refractivity contribution in [3.63, 3.8) is 0 Å². The van der Waals surface area contributed by atoms with Crippen LogP contribution in [0, 0.1) is 0 Å². The summed E-state index contributed by atoms with van der Waals surface area (Å²) in [6.45, 7) is 5.10. The maximum atomic E-state index is 12.4. The molecule has 0 saturated heterocycles. The largest absolute Gasteiger partial charge is 0.534 e. The minimum absolute atomic E-state index is 0.109. The highest BCUT2D eigenvalue weighted by Gasteiger charge is 2.49. The highest BCUT2D eigenvalue weighted by Crippen LogP contribution is 2.37. The SMILES string of the molecule is CC(C)(C)OC(=O)N1CCc2c(OS(=O)(=O)C(F)(F)F)cncc21. The van der Waals surface area contributed by atoms with Gasteiger partial charge in [-0.3, -0.25) is 9.88 Å². The first-order valence-corrected chi connectivity index (χ1v) is 8.21. The number of amides is 1. The van der Waals surface area contributed by atoms with Gasteiger partial charge in [0.2, 0.25) is 0 Å². The second-order valence-electron chi connectivity index (χ2n) is 6.00. The second kappa shape index (κ2) is 5.80. The van der Waals surface area contributed by atoms with Crippen molar-refractivity contribution >= 4 is 21.9 Å². The number of halogens is 3. The molecule has 134 valence electrons. The molecule has 1 aromatic heterocycles. The number of rotatable bonds is 2. The molecular formula is C13H15F3N2O5S. The molecule has 0 aromatic carbocycles. The molecule has 0 saturated carbocycles. The first-order valence-electron chi connectivity index (χ1n) is 6.80. The van der Waals surface area contributed by atoms with Crippen LogP contribution in [0.5, 0.6) is 5.75 Å². The van der Waals surface area contributed by atoms with Crippen LogP contribution in [0.15, 0.2) is 12.4 Å². The van der Waals surface area contributed by atoms with Crippen LogP contribution in [0.1, 0.15) is 26.3 Å². The quantitative estimate of drug-likeness (QED) is 0.589. The zero-order chi connectivity index (χ0) is 18.3. The third-order valence-corrected chi connectivity index (χ3v) is 3.93. The molecule has 0 unspecified atom stereocenters. The number of aromatic nitrogens is 1. The van der Waals surface area contributed by atoms with Crippen LogP contribution in [-0.2, 0) is 21.3 Å². The average Bonchev–Trinajstić information content (AvgIpc) is 2.79. The number of carbonyl (C=O) groups is 1. The fourth-order valence-corrected chi connectivity index (χ4v) is 2.50. The lowest BCUT2D eigenvalue weighted by Gasteiger charge is -2.24. The Labute approximate surface area is 136 Å². The Morgan fingerprint density at radius 2 is 1.88 bits per heavy atom. The second-order valence-corrected chi connectivity index (χ2v) is 7.54. The Kier molecular flexibility index (Phi) is 4.42. The molecule has 24 heavy (non-hydrogen) atoms. The summed E-state index contributed by atoms with van der Waals surface area (Å²) in [6, 6.07) is 0. The molecule has 0 fully saturated rings. The number of carbonyl (C=O) groups excluding carboxylic acids is 1. The fraction of sp³-hybridized carbons (Fsp3) is 0.538. The molecule has 7 nitrogen and oxygen atoms in total. The van der Waals surface area contributed by atoms with E-state index >= 15 is 0 Å². The van der Waals surface area contributed by atoms with E-state index in [1.165, 1.54) is 11.1 Å². The van der Waals surface area contributed by atoms with Gasteiger partial charge in [-0.05, 0) is 27.2 Å². The minimum atomic E-state index is -5.81. The van der Waals surface area contributed by atoms with E-state index in [4.69, 9.17) is 4.74 Å². The summed E-state index contributed by atoms with van der Waals surface area (Å²) in [5.41, 5.74) is -6.02. The lowest BCUT2D eigenvalue weighted by atomic mass is 10.2. The number of hydrogen-bond donors (Lipinski definition) is 0. The van der Waals surface area contributed by atoms with Crippen molar-refractivity contribution in [1.82, 2.24) is 4.98 Å². The lowest BCUT2D eigenvalue weighted by Crippen LogP contribution is -2.35. The Balaban J connectivity index is 2.32. The van der Waals surface area contributed by atoms with E-state index in [-0.39, 0.29) is 24.2 Å².